The quantitative estimate of drug-likeness (QED) is 0.810. The van der Waals surface area contributed by atoms with E-state index in [9.17, 15) is 13.2 Å². The van der Waals surface area contributed by atoms with Gasteiger partial charge < -0.3 is 9.80 Å². The minimum atomic E-state index is -3.19. The number of aromatic nitrogens is 2. The molecule has 8 heteroatoms. The molecule has 1 unspecified atom stereocenters. The lowest BCUT2D eigenvalue weighted by Gasteiger charge is -2.38. The highest BCUT2D eigenvalue weighted by Crippen LogP contribution is 2.24. The number of benzene rings is 1. The van der Waals surface area contributed by atoms with Gasteiger partial charge in [-0.2, -0.15) is 5.10 Å². The average Bonchev–Trinajstić information content (AvgIpc) is 3.06. The second-order valence-electron chi connectivity index (χ2n) is 6.83. The van der Waals surface area contributed by atoms with Crippen LogP contribution in [0.5, 0.6) is 0 Å². The highest BCUT2D eigenvalue weighted by atomic mass is 32.2. The maximum Gasteiger partial charge on any atom is 0.257 e. The van der Waals surface area contributed by atoms with Gasteiger partial charge in [0, 0.05) is 51.4 Å². The van der Waals surface area contributed by atoms with Crippen LogP contribution in [-0.2, 0) is 16.9 Å². The van der Waals surface area contributed by atoms with Gasteiger partial charge in [0.05, 0.1) is 16.7 Å². The number of nitrogens with zero attached hydrogens (tertiary/aromatic N) is 4. The molecule has 0 saturated carbocycles. The molecular weight excluding hydrogens is 352 g/mol. The van der Waals surface area contributed by atoms with Gasteiger partial charge in [0.1, 0.15) is 0 Å². The molecule has 1 aromatic carbocycles. The number of anilines is 1. The number of hydrogen-bond donors (Lipinski definition) is 0. The molecule has 1 aliphatic rings. The molecule has 0 spiro atoms. The number of hydrogen-bond acceptors (Lipinski definition) is 5. The molecule has 2 aromatic rings. The SMILES string of the molecule is CN(C(=O)c1cnn(C)c1)C1CCCN(c2ccc(S(C)(=O)=O)cc2)C1. The fourth-order valence-corrected chi connectivity index (χ4v) is 3.94. The first-order valence-corrected chi connectivity index (χ1v) is 10.5. The third-order valence-corrected chi connectivity index (χ3v) is 5.97. The summed E-state index contributed by atoms with van der Waals surface area (Å²) in [6.45, 7) is 1.62. The van der Waals surface area contributed by atoms with Crippen LogP contribution in [0.1, 0.15) is 23.2 Å². The van der Waals surface area contributed by atoms with E-state index in [0.29, 0.717) is 10.5 Å². The van der Waals surface area contributed by atoms with Gasteiger partial charge in [-0.25, -0.2) is 8.42 Å². The lowest BCUT2D eigenvalue weighted by atomic mass is 10.0. The van der Waals surface area contributed by atoms with Crippen LogP contribution in [0.25, 0.3) is 0 Å². The Hall–Kier alpha value is -2.35. The second-order valence-corrected chi connectivity index (χ2v) is 8.84. The highest BCUT2D eigenvalue weighted by molar-refractivity contribution is 7.90. The second kappa shape index (κ2) is 7.11. The van der Waals surface area contributed by atoms with Crippen LogP contribution in [0, 0.1) is 0 Å². The summed E-state index contributed by atoms with van der Waals surface area (Å²) in [7, 11) is 0.427. The van der Waals surface area contributed by atoms with E-state index < -0.39 is 9.84 Å². The van der Waals surface area contributed by atoms with Crippen LogP contribution in [0.2, 0.25) is 0 Å². The molecule has 1 aliphatic heterocycles. The Balaban J connectivity index is 1.71. The van der Waals surface area contributed by atoms with Gasteiger partial charge in [-0.3, -0.25) is 9.48 Å². The number of likely N-dealkylation sites (N-methyl/N-ethyl adjacent to an activating group) is 1. The maximum absolute atomic E-state index is 12.6. The van der Waals surface area contributed by atoms with Crippen molar-refractivity contribution >= 4 is 21.4 Å². The molecule has 1 aromatic heterocycles. The molecule has 140 valence electrons. The predicted molar refractivity (Wildman–Crippen MR) is 100 cm³/mol. The minimum absolute atomic E-state index is 0.0302. The van der Waals surface area contributed by atoms with Gasteiger partial charge in [-0.1, -0.05) is 0 Å². The van der Waals surface area contributed by atoms with Crippen LogP contribution in [0.15, 0.2) is 41.6 Å². The summed E-state index contributed by atoms with van der Waals surface area (Å²) in [4.78, 5) is 16.9. The summed E-state index contributed by atoms with van der Waals surface area (Å²) in [5.41, 5.74) is 1.56. The van der Waals surface area contributed by atoms with E-state index in [-0.39, 0.29) is 11.9 Å². The number of piperidine rings is 1. The third-order valence-electron chi connectivity index (χ3n) is 4.85. The van der Waals surface area contributed by atoms with Crippen molar-refractivity contribution in [3.05, 3.63) is 42.2 Å². The summed E-state index contributed by atoms with van der Waals surface area (Å²) >= 11 is 0. The van der Waals surface area contributed by atoms with E-state index in [1.165, 1.54) is 6.26 Å². The average molecular weight is 376 g/mol. The Labute approximate surface area is 154 Å². The number of carbonyl (C=O) groups is 1. The molecule has 2 heterocycles. The standard InChI is InChI=1S/C18H24N4O3S/c1-20-12-14(11-19-20)18(23)21(2)16-5-4-10-22(13-16)15-6-8-17(9-7-15)26(3,24)25/h6-9,11-12,16H,4-5,10,13H2,1-3H3. The van der Waals surface area contributed by atoms with Gasteiger partial charge in [0.2, 0.25) is 0 Å². The molecule has 0 aliphatic carbocycles. The van der Waals surface area contributed by atoms with E-state index in [0.717, 1.165) is 31.6 Å². The van der Waals surface area contributed by atoms with Crippen LogP contribution in [0.3, 0.4) is 0 Å². The Bertz CT molecular complexity index is 889. The fourth-order valence-electron chi connectivity index (χ4n) is 3.31. The Morgan fingerprint density at radius 2 is 1.96 bits per heavy atom. The zero-order chi connectivity index (χ0) is 18.9. The van der Waals surface area contributed by atoms with Crippen molar-refractivity contribution in [2.24, 2.45) is 7.05 Å². The van der Waals surface area contributed by atoms with E-state index >= 15 is 0 Å². The Morgan fingerprint density at radius 3 is 2.54 bits per heavy atom. The van der Waals surface area contributed by atoms with Gasteiger partial charge in [0.15, 0.2) is 9.84 Å². The van der Waals surface area contributed by atoms with Gasteiger partial charge >= 0.3 is 0 Å². The molecule has 26 heavy (non-hydrogen) atoms. The summed E-state index contributed by atoms with van der Waals surface area (Å²) in [5.74, 6) is -0.0302. The van der Waals surface area contributed by atoms with Crippen LogP contribution >= 0.6 is 0 Å². The third kappa shape index (κ3) is 3.90. The number of sulfone groups is 1. The van der Waals surface area contributed by atoms with Gasteiger partial charge in [-0.05, 0) is 37.1 Å². The normalized spacial score (nSPS) is 18.0. The Morgan fingerprint density at radius 1 is 1.27 bits per heavy atom. The first kappa shape index (κ1) is 18.4. The van der Waals surface area contributed by atoms with Crippen LogP contribution in [-0.4, -0.2) is 61.4 Å². The molecule has 0 radical (unpaired) electrons. The molecule has 3 rings (SSSR count). The van der Waals surface area contributed by atoms with Crippen molar-refractivity contribution in [3.8, 4) is 0 Å². The van der Waals surface area contributed by atoms with E-state index in [4.69, 9.17) is 0 Å². The molecule has 1 amide bonds. The largest absolute Gasteiger partial charge is 0.369 e. The zero-order valence-corrected chi connectivity index (χ0v) is 16.1. The molecule has 7 nitrogen and oxygen atoms in total. The van der Waals surface area contributed by atoms with E-state index in [2.05, 4.69) is 10.00 Å². The molecule has 0 N–H and O–H groups in total. The number of aryl methyl sites for hydroxylation is 1. The van der Waals surface area contributed by atoms with Crippen LogP contribution < -0.4 is 4.90 Å². The lowest BCUT2D eigenvalue weighted by molar-refractivity contribution is 0.0717. The smallest absolute Gasteiger partial charge is 0.257 e. The number of amides is 1. The van der Waals surface area contributed by atoms with Crippen molar-refractivity contribution in [2.45, 2.75) is 23.8 Å². The van der Waals surface area contributed by atoms with E-state index in [1.807, 2.05) is 19.2 Å². The molecule has 1 atom stereocenters. The monoisotopic (exact) mass is 376 g/mol. The lowest BCUT2D eigenvalue weighted by Crippen LogP contribution is -2.48. The Kier molecular flexibility index (Phi) is 5.04. The summed E-state index contributed by atoms with van der Waals surface area (Å²) in [6.07, 6.45) is 6.44. The summed E-state index contributed by atoms with van der Waals surface area (Å²) < 4.78 is 24.8. The molecule has 1 fully saturated rings. The van der Waals surface area contributed by atoms with E-state index in [1.54, 1.807) is 41.2 Å². The van der Waals surface area contributed by atoms with Crippen LogP contribution in [0.4, 0.5) is 5.69 Å². The summed E-state index contributed by atoms with van der Waals surface area (Å²) in [5, 5.41) is 4.07. The van der Waals surface area contributed by atoms with Gasteiger partial charge in [0.25, 0.3) is 5.91 Å². The molecular formula is C18H24N4O3S. The maximum atomic E-state index is 12.6. The number of rotatable bonds is 4. The first-order valence-electron chi connectivity index (χ1n) is 8.56. The first-order chi connectivity index (χ1) is 12.3. The number of carbonyl (C=O) groups excluding carboxylic acids is 1. The van der Waals surface area contributed by atoms with Crippen molar-refractivity contribution in [2.75, 3.05) is 31.3 Å². The minimum Gasteiger partial charge on any atom is -0.369 e. The molecule has 0 bridgehead atoms. The molecule has 1 saturated heterocycles. The highest BCUT2D eigenvalue weighted by Gasteiger charge is 2.27. The predicted octanol–water partition coefficient (Wildman–Crippen LogP) is 1.56. The van der Waals surface area contributed by atoms with Crippen molar-refractivity contribution in [1.82, 2.24) is 14.7 Å². The van der Waals surface area contributed by atoms with Crippen molar-refractivity contribution in [1.29, 1.82) is 0 Å². The summed E-state index contributed by atoms with van der Waals surface area (Å²) in [6, 6.07) is 7.05. The van der Waals surface area contributed by atoms with Crippen molar-refractivity contribution < 1.29 is 13.2 Å². The van der Waals surface area contributed by atoms with Gasteiger partial charge in [-0.15, -0.1) is 0 Å². The zero-order valence-electron chi connectivity index (χ0n) is 15.3. The van der Waals surface area contributed by atoms with Crippen molar-refractivity contribution in [3.63, 3.8) is 0 Å². The topological polar surface area (TPSA) is 75.5 Å². The fraction of sp³-hybridized carbons (Fsp3) is 0.444.